The minimum absolute atomic E-state index is 0.265. The number of nitrogens with zero attached hydrogens (tertiary/aromatic N) is 2. The maximum atomic E-state index is 14.4. The normalized spacial score (nSPS) is 15.6. The molecule has 5 N–H and O–H groups in total. The molecule has 2 atom stereocenters. The molecule has 1 heterocycles. The van der Waals surface area contributed by atoms with Gasteiger partial charge in [0, 0.05) is 31.6 Å². The highest BCUT2D eigenvalue weighted by Crippen LogP contribution is 2.23. The fraction of sp³-hybridized carbons (Fsp3) is 0.333. The molecule has 1 aliphatic heterocycles. The first-order valence-corrected chi connectivity index (χ1v) is 11.4. The molecule has 2 aromatic carbocycles. The number of nitrogens with two attached hydrogens (primary N) is 1. The lowest BCUT2D eigenvalue weighted by molar-refractivity contribution is -0.147. The number of amidine groups is 2. The average Bonchev–Trinajstić information content (AvgIpc) is 2.89. The number of halogens is 6. The monoisotopic (exact) mass is 558 g/mol. The van der Waals surface area contributed by atoms with Crippen LogP contribution in [0, 0.1) is 28.3 Å². The van der Waals surface area contributed by atoms with E-state index in [1.807, 2.05) is 0 Å². The zero-order valence-electron chi connectivity index (χ0n) is 20.2. The van der Waals surface area contributed by atoms with Crippen molar-refractivity contribution in [3.63, 3.8) is 0 Å². The fourth-order valence-corrected chi connectivity index (χ4v) is 4.08. The largest absolute Gasteiger partial charge is 0.449 e. The summed E-state index contributed by atoms with van der Waals surface area (Å²) in [5.74, 6) is -2.84. The Kier molecular flexibility index (Phi) is 9.29. The van der Waals surface area contributed by atoms with Gasteiger partial charge in [0.25, 0.3) is 0 Å². The number of rotatable bonds is 8. The Hall–Kier alpha value is -3.98. The molecule has 0 radical (unpaired) electrons. The van der Waals surface area contributed by atoms with Gasteiger partial charge in [-0.2, -0.15) is 19.1 Å². The summed E-state index contributed by atoms with van der Waals surface area (Å²) < 4.78 is 80.5. The number of carbonyl (C=O) groups is 2. The summed E-state index contributed by atoms with van der Waals surface area (Å²) in [7, 11) is 0. The fourth-order valence-electron chi connectivity index (χ4n) is 4.08. The molecule has 3 rings (SSSR count). The van der Waals surface area contributed by atoms with Crippen LogP contribution in [0.2, 0.25) is 0 Å². The molecule has 1 amide bonds. The van der Waals surface area contributed by atoms with E-state index in [2.05, 4.69) is 10.2 Å². The van der Waals surface area contributed by atoms with E-state index in [9.17, 15) is 35.9 Å². The number of amides is 1. The van der Waals surface area contributed by atoms with Crippen molar-refractivity contribution in [3.05, 3.63) is 71.0 Å². The molecule has 0 bridgehead atoms. The summed E-state index contributed by atoms with van der Waals surface area (Å²) in [5, 5.41) is 18.0. The van der Waals surface area contributed by atoms with Crippen LogP contribution >= 0.6 is 0 Å². The van der Waals surface area contributed by atoms with Gasteiger partial charge in [0.15, 0.2) is 11.6 Å². The predicted octanol–water partition coefficient (Wildman–Crippen LogP) is 2.81. The maximum absolute atomic E-state index is 14.4. The average molecular weight is 558 g/mol. The zero-order valence-corrected chi connectivity index (χ0v) is 20.2. The van der Waals surface area contributed by atoms with Gasteiger partial charge in [0.2, 0.25) is 11.7 Å². The Bertz CT molecular complexity index is 1240. The second kappa shape index (κ2) is 12.3. The Labute approximate surface area is 218 Å². The van der Waals surface area contributed by atoms with Crippen molar-refractivity contribution in [2.24, 2.45) is 5.90 Å². The van der Waals surface area contributed by atoms with Gasteiger partial charge in [-0.3, -0.25) is 20.9 Å². The first-order chi connectivity index (χ1) is 18.3. The van der Waals surface area contributed by atoms with Crippen molar-refractivity contribution in [2.45, 2.75) is 31.1 Å². The Morgan fingerprint density at radius 3 is 2.28 bits per heavy atom. The van der Waals surface area contributed by atoms with E-state index in [-0.39, 0.29) is 12.1 Å². The van der Waals surface area contributed by atoms with Crippen LogP contribution in [0.4, 0.5) is 26.3 Å². The van der Waals surface area contributed by atoms with Gasteiger partial charge in [-0.05, 0) is 23.6 Å². The summed E-state index contributed by atoms with van der Waals surface area (Å²) in [4.78, 5) is 31.4. The molecule has 0 aliphatic carbocycles. The van der Waals surface area contributed by atoms with E-state index in [1.54, 1.807) is 30.3 Å². The van der Waals surface area contributed by atoms with Crippen molar-refractivity contribution in [1.29, 1.82) is 10.8 Å². The van der Waals surface area contributed by atoms with Crippen LogP contribution in [0.25, 0.3) is 0 Å². The summed E-state index contributed by atoms with van der Waals surface area (Å²) in [5.41, 5.74) is 0.0422. The van der Waals surface area contributed by atoms with E-state index in [0.717, 1.165) is 4.90 Å². The molecule has 1 fully saturated rings. The number of hydrogen-bond donors (Lipinski definition) is 4. The highest BCUT2D eigenvalue weighted by Gasteiger charge is 2.42. The topological polar surface area (TPSA) is 136 Å². The summed E-state index contributed by atoms with van der Waals surface area (Å²) in [6.07, 6.45) is -5.87. The molecule has 1 aliphatic rings. The number of piperazine rings is 1. The third kappa shape index (κ3) is 7.32. The minimum atomic E-state index is -4.98. The molecule has 0 aromatic heterocycles. The van der Waals surface area contributed by atoms with Crippen LogP contribution in [-0.2, 0) is 20.8 Å². The van der Waals surface area contributed by atoms with E-state index < -0.39 is 85.2 Å². The Morgan fingerprint density at radius 1 is 1.05 bits per heavy atom. The van der Waals surface area contributed by atoms with Crippen LogP contribution < -0.4 is 11.2 Å². The number of alkyl halides is 3. The molecule has 210 valence electrons. The quantitative estimate of drug-likeness (QED) is 0.129. The number of carbonyl (C=O) groups excluding carboxylic acids is 2. The Balaban J connectivity index is 1.84. The van der Waals surface area contributed by atoms with E-state index in [1.165, 1.54) is 0 Å². The van der Waals surface area contributed by atoms with E-state index >= 15 is 0 Å². The van der Waals surface area contributed by atoms with Gasteiger partial charge in [0.05, 0.1) is 6.54 Å². The molecule has 39 heavy (non-hydrogen) atoms. The lowest BCUT2D eigenvalue weighted by Gasteiger charge is -2.37. The first kappa shape index (κ1) is 29.6. The summed E-state index contributed by atoms with van der Waals surface area (Å²) in [6.45, 7) is -1.28. The molecular formula is C24H24F6N6O3. The Morgan fingerprint density at radius 2 is 1.69 bits per heavy atom. The van der Waals surface area contributed by atoms with Gasteiger partial charge in [-0.1, -0.05) is 30.3 Å². The predicted molar refractivity (Wildman–Crippen MR) is 126 cm³/mol. The van der Waals surface area contributed by atoms with Crippen LogP contribution in [0.5, 0.6) is 0 Å². The second-order valence-corrected chi connectivity index (χ2v) is 8.67. The highest BCUT2D eigenvalue weighted by molar-refractivity contribution is 6.03. The van der Waals surface area contributed by atoms with Gasteiger partial charge >= 0.3 is 12.1 Å². The van der Waals surface area contributed by atoms with Crippen molar-refractivity contribution in [1.82, 2.24) is 15.1 Å². The van der Waals surface area contributed by atoms with Crippen LogP contribution in [-0.4, -0.2) is 65.2 Å². The lowest BCUT2D eigenvalue weighted by atomic mass is 9.98. The lowest BCUT2D eigenvalue weighted by Crippen LogP contribution is -2.57. The second-order valence-electron chi connectivity index (χ2n) is 8.67. The molecule has 2 aromatic rings. The smallest absolute Gasteiger partial charge is 0.372 e. The molecule has 0 spiro atoms. The minimum Gasteiger partial charge on any atom is -0.372 e. The number of hydrogen-bond acceptors (Lipinski definition) is 7. The number of benzene rings is 2. The molecular weight excluding hydrogens is 534 g/mol. The molecule has 9 nitrogen and oxygen atoms in total. The van der Waals surface area contributed by atoms with Crippen LogP contribution in [0.15, 0.2) is 42.5 Å². The van der Waals surface area contributed by atoms with E-state index in [0.29, 0.717) is 22.6 Å². The summed E-state index contributed by atoms with van der Waals surface area (Å²) >= 11 is 0. The molecule has 1 saturated heterocycles. The van der Waals surface area contributed by atoms with Crippen LogP contribution in [0.1, 0.15) is 23.6 Å². The third-order valence-corrected chi connectivity index (χ3v) is 6.01. The standard InChI is InChI=1S/C24H24F6N6O3/c25-16-11-18(27)17(26)9-14(16)8-15(34-21(22(38)39-33)13-4-2-1-3-5-13)10-20(37)35-6-7-36(19(31)12-35)23(32)24(28,29)30/h1-5,9,11,15,21,31-32,34H,6-8,10,12,33H2. The molecule has 0 saturated carbocycles. The highest BCUT2D eigenvalue weighted by atomic mass is 19.4. The molecule has 2 unspecified atom stereocenters. The van der Waals surface area contributed by atoms with E-state index in [4.69, 9.17) is 16.7 Å². The van der Waals surface area contributed by atoms with Gasteiger partial charge < -0.3 is 14.6 Å². The van der Waals surface area contributed by atoms with Crippen LogP contribution in [0.3, 0.4) is 0 Å². The first-order valence-electron chi connectivity index (χ1n) is 11.4. The van der Waals surface area contributed by atoms with Crippen molar-refractivity contribution in [2.75, 3.05) is 19.6 Å². The summed E-state index contributed by atoms with van der Waals surface area (Å²) in [6, 6.07) is 6.54. The number of nitrogens with one attached hydrogen (secondary N) is 3. The van der Waals surface area contributed by atoms with Gasteiger partial charge in [-0.15, -0.1) is 0 Å². The van der Waals surface area contributed by atoms with Crippen molar-refractivity contribution < 1.29 is 40.8 Å². The third-order valence-electron chi connectivity index (χ3n) is 6.01. The van der Waals surface area contributed by atoms with Crippen molar-refractivity contribution >= 4 is 23.5 Å². The van der Waals surface area contributed by atoms with Crippen molar-refractivity contribution in [3.8, 4) is 0 Å². The van der Waals surface area contributed by atoms with Gasteiger partial charge in [0.1, 0.15) is 17.7 Å². The SMILES string of the molecule is N=C1CN(C(=O)CC(Cc2cc(F)c(F)cc2F)NC(C(=O)ON)c2ccccc2)CCN1C(=N)C(F)(F)F. The van der Waals surface area contributed by atoms with Gasteiger partial charge in [-0.25, -0.2) is 18.0 Å². The maximum Gasteiger partial charge on any atom is 0.449 e. The molecule has 15 heteroatoms. The zero-order chi connectivity index (χ0) is 28.9.